The molecule has 6 rings (SSSR count). The lowest BCUT2D eigenvalue weighted by atomic mass is 9.90. The van der Waals surface area contributed by atoms with Crippen LogP contribution in [0.3, 0.4) is 0 Å². The number of pyridine rings is 2. The predicted molar refractivity (Wildman–Crippen MR) is 458 cm³/mol. The molecule has 1 aliphatic heterocycles. The van der Waals surface area contributed by atoms with Crippen LogP contribution in [-0.2, 0) is 86.9 Å². The number of halogens is 4. The number of methoxy groups -OCH3 is 2. The number of carbonyl (C=O) groups is 12. The van der Waals surface area contributed by atoms with E-state index < -0.39 is 114 Å². The summed E-state index contributed by atoms with van der Waals surface area (Å²) in [5.74, 6) is -5.96. The van der Waals surface area contributed by atoms with Crippen LogP contribution in [0.2, 0.25) is 0 Å². The number of nitrogens with one attached hydrogen (secondary N) is 9. The van der Waals surface area contributed by atoms with Gasteiger partial charge in [0, 0.05) is 116 Å². The SMILES string of the molecule is CC[C@H](C)C([C@@H](CC(=O)N1CCC[C@H]1[C@H](OC)[C@@H](C)C(=O)NCCc1ccccc1)OC)N(C)C(=O)CNC(=O)C(C(C)C)N(C)C(=O)OCc1ccc(NC(=O)C(CCCNC=O)NC(=O)C(NC(=O)CCCCCNC(=O)c2cc(NC(=O)c3cc(CBr)nc(CBr)c3)cc(NC(=O)c3cc(CBr)nc(CBr)c3)c2)C(C)C)cc1. The van der Waals surface area contributed by atoms with Gasteiger partial charge in [0.25, 0.3) is 17.7 Å². The molecule has 116 heavy (non-hydrogen) atoms. The van der Waals surface area contributed by atoms with Gasteiger partial charge in [-0.1, -0.05) is 167 Å². The van der Waals surface area contributed by atoms with Crippen LogP contribution < -0.4 is 47.9 Å². The van der Waals surface area contributed by atoms with E-state index in [2.05, 4.69) is 122 Å². The molecular formula is C83H112Br4N14O15. The van der Waals surface area contributed by atoms with E-state index in [1.807, 2.05) is 51.1 Å². The molecule has 9 N–H and O–H groups in total. The second-order valence-corrected chi connectivity index (χ2v) is 31.7. The fourth-order valence-electron chi connectivity index (χ4n) is 13.9. The van der Waals surface area contributed by atoms with E-state index >= 15 is 0 Å². The van der Waals surface area contributed by atoms with Crippen molar-refractivity contribution in [2.75, 3.05) is 77.0 Å². The average molecular weight is 1870 g/mol. The second kappa shape index (κ2) is 49.5. The van der Waals surface area contributed by atoms with Crippen LogP contribution in [0.5, 0.6) is 0 Å². The topological polar surface area (TPSA) is 376 Å². The maximum atomic E-state index is 14.3. The highest BCUT2D eigenvalue weighted by Gasteiger charge is 2.43. The zero-order valence-corrected chi connectivity index (χ0v) is 74.2. The molecule has 29 nitrogen and oxygen atoms in total. The van der Waals surface area contributed by atoms with Crippen molar-refractivity contribution in [1.82, 2.24) is 56.6 Å². The first-order valence-corrected chi connectivity index (χ1v) is 43.6. The van der Waals surface area contributed by atoms with Crippen LogP contribution in [0, 0.1) is 23.7 Å². The normalized spacial score (nSPS) is 14.6. The van der Waals surface area contributed by atoms with Gasteiger partial charge in [-0.05, 0) is 128 Å². The van der Waals surface area contributed by atoms with Gasteiger partial charge in [-0.3, -0.25) is 67.6 Å². The van der Waals surface area contributed by atoms with Crippen molar-refractivity contribution in [1.29, 1.82) is 0 Å². The van der Waals surface area contributed by atoms with Gasteiger partial charge in [-0.2, -0.15) is 0 Å². The molecule has 0 aliphatic carbocycles. The number of ether oxygens (including phenoxy) is 3. The highest BCUT2D eigenvalue weighted by molar-refractivity contribution is 9.09. The van der Waals surface area contributed by atoms with Crippen molar-refractivity contribution < 1.29 is 71.7 Å². The summed E-state index contributed by atoms with van der Waals surface area (Å²) in [6, 6.07) is 23.3. The van der Waals surface area contributed by atoms with Crippen LogP contribution in [-0.4, -0.2) is 200 Å². The largest absolute Gasteiger partial charge is 0.445 e. The average Bonchev–Trinajstić information content (AvgIpc) is 1.69. The van der Waals surface area contributed by atoms with Crippen molar-refractivity contribution in [3.05, 3.63) is 148 Å². The van der Waals surface area contributed by atoms with E-state index in [4.69, 9.17) is 14.2 Å². The molecule has 2 aromatic heterocycles. The number of anilines is 3. The Kier molecular flexibility index (Phi) is 41.0. The highest BCUT2D eigenvalue weighted by Crippen LogP contribution is 2.31. The van der Waals surface area contributed by atoms with Gasteiger partial charge in [0.15, 0.2) is 0 Å². The summed E-state index contributed by atoms with van der Waals surface area (Å²) in [5, 5.41) is 27.0. The lowest BCUT2D eigenvalue weighted by molar-refractivity contribution is -0.145. The van der Waals surface area contributed by atoms with E-state index in [1.54, 1.807) is 101 Å². The Morgan fingerprint density at radius 3 is 1.73 bits per heavy atom. The Labute approximate surface area is 713 Å². The summed E-state index contributed by atoms with van der Waals surface area (Å²) in [4.78, 5) is 177. The summed E-state index contributed by atoms with van der Waals surface area (Å²) < 4.78 is 17.6. The van der Waals surface area contributed by atoms with Crippen molar-refractivity contribution in [2.24, 2.45) is 23.7 Å². The maximum absolute atomic E-state index is 14.3. The lowest BCUT2D eigenvalue weighted by Crippen LogP contribution is -2.55. The lowest BCUT2D eigenvalue weighted by Gasteiger charge is -2.39. The summed E-state index contributed by atoms with van der Waals surface area (Å²) >= 11 is 13.6. The van der Waals surface area contributed by atoms with Gasteiger partial charge >= 0.3 is 6.09 Å². The van der Waals surface area contributed by atoms with Crippen molar-refractivity contribution >= 4 is 152 Å². The van der Waals surface area contributed by atoms with Crippen molar-refractivity contribution in [3.63, 3.8) is 0 Å². The molecule has 3 heterocycles. The number of nitrogens with zero attached hydrogens (tertiary/aromatic N) is 5. The molecule has 33 heteroatoms. The number of aromatic nitrogens is 2. The van der Waals surface area contributed by atoms with E-state index in [1.165, 1.54) is 31.2 Å². The number of benzene rings is 3. The minimum absolute atomic E-state index is 0.0437. The molecule has 1 aliphatic rings. The number of likely N-dealkylation sites (N-methyl/N-ethyl adjacent to an activating group) is 2. The minimum atomic E-state index is -1.11. The molecule has 0 radical (unpaired) electrons. The molecule has 632 valence electrons. The number of likely N-dealkylation sites (tertiary alicyclic amines) is 1. The molecule has 9 atom stereocenters. The first-order chi connectivity index (χ1) is 55.5. The van der Waals surface area contributed by atoms with Crippen LogP contribution in [0.4, 0.5) is 21.9 Å². The van der Waals surface area contributed by atoms with Crippen LogP contribution >= 0.6 is 63.7 Å². The number of carbonyl (C=O) groups excluding carboxylic acids is 12. The molecule has 3 aromatic carbocycles. The number of unbranched alkanes of at least 4 members (excludes halogenated alkanes) is 2. The zero-order chi connectivity index (χ0) is 85.1. The summed E-state index contributed by atoms with van der Waals surface area (Å²) in [5.41, 5.74) is 5.82. The Bertz CT molecular complexity index is 4000. The fourth-order valence-corrected chi connectivity index (χ4v) is 15.0. The first kappa shape index (κ1) is 96.1. The number of amides is 12. The number of rotatable bonds is 47. The Morgan fingerprint density at radius 2 is 1.19 bits per heavy atom. The number of hydrogen-bond donors (Lipinski definition) is 9. The third-order valence-electron chi connectivity index (χ3n) is 20.3. The minimum Gasteiger partial charge on any atom is -0.445 e. The third kappa shape index (κ3) is 29.7. The number of alkyl halides is 4. The quantitative estimate of drug-likeness (QED) is 0.00992. The molecular weight excluding hydrogens is 1750 g/mol. The first-order valence-electron chi connectivity index (χ1n) is 39.1. The van der Waals surface area contributed by atoms with E-state index in [0.717, 1.165) is 16.9 Å². The van der Waals surface area contributed by atoms with Crippen LogP contribution in [0.1, 0.15) is 178 Å². The Hall–Kier alpha value is -8.76. The van der Waals surface area contributed by atoms with Gasteiger partial charge in [-0.25, -0.2) is 4.79 Å². The summed E-state index contributed by atoms with van der Waals surface area (Å²) in [6.07, 6.45) is 2.86. The third-order valence-corrected chi connectivity index (χ3v) is 22.6. The standard InChI is InChI=1S/C83H112Br4N14O15/c1-12-52(6)74(68(114-10)42-70(104)101-34-20-24-67(101)75(115-11)53(7)76(106)90-33-30-54-21-15-13-16-22-54)99(8)71(105)47-91-82(112)73(51(4)5)100(9)83(113)116-48-55-26-28-59(29-27-55)94-80(110)66(23-19-31-88-49-102)97-81(111)72(50(2)3)98-69(103)25-17-14-18-32-89-77(107)56-35-60(95-78(108)57-37-62(43-84)92-63(38-57)44-85)41-61(36-56)96-79(109)58-39-64(45-86)93-65(40-58)46-87/h13,15-16,21-22,26-29,35-41,49-53,66-68,72-75H,12,14,17-20,23-25,30-34,42-48H2,1-11H3,(H,88,102)(H,89,107)(H,90,106)(H,91,112)(H,94,110)(H,95,108)(H,96,109)(H,97,111)(H,98,103)/t52-,53+,66?,67-,68+,72?,73?,74?,75+/m0/s1. The molecule has 0 spiro atoms. The molecule has 0 saturated carbocycles. The maximum Gasteiger partial charge on any atom is 0.410 e. The molecule has 1 saturated heterocycles. The van der Waals surface area contributed by atoms with E-state index in [-0.39, 0.29) is 79.7 Å². The summed E-state index contributed by atoms with van der Waals surface area (Å²) in [7, 11) is 6.09. The monoisotopic (exact) mass is 1860 g/mol. The van der Waals surface area contributed by atoms with Crippen molar-refractivity contribution in [3.8, 4) is 0 Å². The Balaban J connectivity index is 0.979. The smallest absolute Gasteiger partial charge is 0.410 e. The van der Waals surface area contributed by atoms with E-state index in [9.17, 15) is 57.5 Å². The molecule has 0 bridgehead atoms. The van der Waals surface area contributed by atoms with Gasteiger partial charge in [0.1, 0.15) is 24.7 Å². The van der Waals surface area contributed by atoms with E-state index in [0.29, 0.717) is 131 Å². The zero-order valence-electron chi connectivity index (χ0n) is 67.9. The summed E-state index contributed by atoms with van der Waals surface area (Å²) in [6.45, 7) is 13.5. The van der Waals surface area contributed by atoms with Gasteiger partial charge in [0.05, 0.1) is 66.0 Å². The van der Waals surface area contributed by atoms with Crippen LogP contribution in [0.25, 0.3) is 0 Å². The van der Waals surface area contributed by atoms with Gasteiger partial charge in [0.2, 0.25) is 47.8 Å². The molecule has 12 amide bonds. The van der Waals surface area contributed by atoms with Crippen LogP contribution in [0.15, 0.2) is 97.1 Å². The molecule has 4 unspecified atom stereocenters. The Morgan fingerprint density at radius 1 is 0.595 bits per heavy atom. The predicted octanol–water partition coefficient (Wildman–Crippen LogP) is 10.6. The molecule has 1 fully saturated rings. The number of hydrogen-bond acceptors (Lipinski definition) is 17. The molecule has 5 aromatic rings. The second-order valence-electron chi connectivity index (χ2n) is 29.5. The van der Waals surface area contributed by atoms with Crippen molar-refractivity contribution in [2.45, 2.75) is 189 Å². The van der Waals surface area contributed by atoms with Gasteiger partial charge < -0.3 is 71.9 Å². The fraction of sp³-hybridized carbons (Fsp3) is 0.518. The highest BCUT2D eigenvalue weighted by atomic mass is 79.9. The van der Waals surface area contributed by atoms with Gasteiger partial charge in [-0.15, -0.1) is 0 Å².